The van der Waals surface area contributed by atoms with E-state index in [9.17, 15) is 0 Å². The van der Waals surface area contributed by atoms with Crippen LogP contribution in [0.2, 0.25) is 0 Å². The fourth-order valence-corrected chi connectivity index (χ4v) is 1.55. The molecule has 0 fully saturated rings. The van der Waals surface area contributed by atoms with Crippen LogP contribution in [0.3, 0.4) is 0 Å². The molecular weight excluding hydrogens is 186 g/mol. The first-order valence-corrected chi connectivity index (χ1v) is 5.19. The van der Waals surface area contributed by atoms with Gasteiger partial charge in [0.05, 0.1) is 17.8 Å². The van der Waals surface area contributed by atoms with Crippen LogP contribution in [0.4, 0.5) is 0 Å². The summed E-state index contributed by atoms with van der Waals surface area (Å²) in [7, 11) is 1.96. The van der Waals surface area contributed by atoms with Crippen molar-refractivity contribution >= 4 is 0 Å². The van der Waals surface area contributed by atoms with Gasteiger partial charge in [0.1, 0.15) is 0 Å². The largest absolute Gasteiger partial charge is 0.285 e. The van der Waals surface area contributed by atoms with E-state index in [0.29, 0.717) is 0 Å². The lowest BCUT2D eigenvalue weighted by molar-refractivity contribution is 0.270. The Hall–Kier alpha value is -1.40. The molecule has 0 saturated carbocycles. The maximum absolute atomic E-state index is 8.92. The monoisotopic (exact) mass is 203 g/mol. The summed E-state index contributed by atoms with van der Waals surface area (Å²) in [6.07, 6.45) is 0.846. The molecular formula is C12H17N3. The van der Waals surface area contributed by atoms with Crippen molar-refractivity contribution in [2.45, 2.75) is 32.9 Å². The predicted molar refractivity (Wildman–Crippen MR) is 60.1 cm³/mol. The third-order valence-corrected chi connectivity index (χ3v) is 2.43. The van der Waals surface area contributed by atoms with Crippen LogP contribution in [0, 0.1) is 18.3 Å². The van der Waals surface area contributed by atoms with E-state index in [1.807, 2.05) is 44.0 Å². The standard InChI is InChI=1S/C12H17N3/c1-4-12(8-13)15(3)9-11-7-5-6-10(2)14-11/h5-7,12H,4,9H2,1-3H3. The Bertz CT molecular complexity index is 354. The molecule has 3 heteroatoms. The lowest BCUT2D eigenvalue weighted by Gasteiger charge is -2.20. The highest BCUT2D eigenvalue weighted by atomic mass is 15.1. The molecule has 0 spiro atoms. The Kier molecular flexibility index (Phi) is 4.26. The Labute approximate surface area is 91.4 Å². The summed E-state index contributed by atoms with van der Waals surface area (Å²) in [6.45, 7) is 4.73. The summed E-state index contributed by atoms with van der Waals surface area (Å²) in [5.41, 5.74) is 2.04. The zero-order valence-corrected chi connectivity index (χ0v) is 9.57. The summed E-state index contributed by atoms with van der Waals surface area (Å²) in [4.78, 5) is 6.44. The summed E-state index contributed by atoms with van der Waals surface area (Å²) >= 11 is 0. The molecule has 1 aromatic rings. The molecule has 1 rings (SSSR count). The molecule has 15 heavy (non-hydrogen) atoms. The van der Waals surface area contributed by atoms with E-state index in [1.54, 1.807) is 0 Å². The lowest BCUT2D eigenvalue weighted by atomic mass is 10.2. The van der Waals surface area contributed by atoms with Crippen LogP contribution in [0.25, 0.3) is 0 Å². The van der Waals surface area contributed by atoms with Gasteiger partial charge in [0.15, 0.2) is 0 Å². The highest BCUT2D eigenvalue weighted by Crippen LogP contribution is 2.06. The summed E-state index contributed by atoms with van der Waals surface area (Å²) in [5, 5.41) is 8.92. The third-order valence-electron chi connectivity index (χ3n) is 2.43. The van der Waals surface area contributed by atoms with E-state index in [0.717, 1.165) is 24.4 Å². The van der Waals surface area contributed by atoms with Gasteiger partial charge in [-0.25, -0.2) is 0 Å². The number of hydrogen-bond donors (Lipinski definition) is 0. The van der Waals surface area contributed by atoms with Crippen molar-refractivity contribution in [1.29, 1.82) is 5.26 Å². The molecule has 0 aliphatic carbocycles. The second kappa shape index (κ2) is 5.47. The normalized spacial score (nSPS) is 12.5. The summed E-state index contributed by atoms with van der Waals surface area (Å²) in [5.74, 6) is 0. The van der Waals surface area contributed by atoms with Gasteiger partial charge in [0, 0.05) is 12.2 Å². The maximum atomic E-state index is 8.92. The molecule has 0 aromatic carbocycles. The van der Waals surface area contributed by atoms with Gasteiger partial charge in [0.25, 0.3) is 0 Å². The van der Waals surface area contributed by atoms with E-state index in [-0.39, 0.29) is 6.04 Å². The number of nitrogens with zero attached hydrogens (tertiary/aromatic N) is 3. The number of aryl methyl sites for hydroxylation is 1. The van der Waals surface area contributed by atoms with Crippen molar-refractivity contribution in [3.63, 3.8) is 0 Å². The topological polar surface area (TPSA) is 39.9 Å². The van der Waals surface area contributed by atoms with Crippen LogP contribution >= 0.6 is 0 Å². The zero-order valence-electron chi connectivity index (χ0n) is 9.57. The first kappa shape index (κ1) is 11.7. The third kappa shape index (κ3) is 3.34. The molecule has 1 atom stereocenters. The van der Waals surface area contributed by atoms with Crippen LogP contribution in [0.1, 0.15) is 24.7 Å². The Morgan fingerprint density at radius 3 is 2.80 bits per heavy atom. The molecule has 80 valence electrons. The first-order chi connectivity index (χ1) is 7.17. The molecule has 0 aliphatic heterocycles. The number of rotatable bonds is 4. The lowest BCUT2D eigenvalue weighted by Crippen LogP contribution is -2.29. The van der Waals surface area contributed by atoms with Gasteiger partial charge in [-0.2, -0.15) is 5.26 Å². The molecule has 0 amide bonds. The Balaban J connectivity index is 2.66. The van der Waals surface area contributed by atoms with Crippen LogP contribution < -0.4 is 0 Å². The van der Waals surface area contributed by atoms with Crippen molar-refractivity contribution in [3.8, 4) is 6.07 Å². The summed E-state index contributed by atoms with van der Waals surface area (Å²) in [6, 6.07) is 8.23. The smallest absolute Gasteiger partial charge is 0.0976 e. The fourth-order valence-electron chi connectivity index (χ4n) is 1.55. The van der Waals surface area contributed by atoms with E-state index >= 15 is 0 Å². The molecule has 3 nitrogen and oxygen atoms in total. The molecule has 0 saturated heterocycles. The number of hydrogen-bond acceptors (Lipinski definition) is 3. The molecule has 1 unspecified atom stereocenters. The number of pyridine rings is 1. The average Bonchev–Trinajstić information content (AvgIpc) is 2.19. The van der Waals surface area contributed by atoms with Gasteiger partial charge in [0.2, 0.25) is 0 Å². The van der Waals surface area contributed by atoms with E-state index in [2.05, 4.69) is 11.1 Å². The van der Waals surface area contributed by atoms with Crippen LogP contribution in [-0.2, 0) is 6.54 Å². The van der Waals surface area contributed by atoms with Crippen molar-refractivity contribution < 1.29 is 0 Å². The minimum atomic E-state index is -0.0210. The average molecular weight is 203 g/mol. The van der Waals surface area contributed by atoms with Gasteiger partial charge >= 0.3 is 0 Å². The summed E-state index contributed by atoms with van der Waals surface area (Å²) < 4.78 is 0. The van der Waals surface area contributed by atoms with Crippen molar-refractivity contribution in [1.82, 2.24) is 9.88 Å². The first-order valence-electron chi connectivity index (χ1n) is 5.19. The zero-order chi connectivity index (χ0) is 11.3. The van der Waals surface area contributed by atoms with E-state index in [1.165, 1.54) is 0 Å². The van der Waals surface area contributed by atoms with Crippen molar-refractivity contribution in [3.05, 3.63) is 29.6 Å². The SMILES string of the molecule is CCC(C#N)N(C)Cc1cccc(C)n1. The van der Waals surface area contributed by atoms with Gasteiger partial charge in [-0.1, -0.05) is 13.0 Å². The minimum absolute atomic E-state index is 0.0210. The van der Waals surface area contributed by atoms with E-state index < -0.39 is 0 Å². The van der Waals surface area contributed by atoms with Crippen molar-refractivity contribution in [2.24, 2.45) is 0 Å². The Morgan fingerprint density at radius 1 is 1.53 bits per heavy atom. The van der Waals surface area contributed by atoms with Crippen molar-refractivity contribution in [2.75, 3.05) is 7.05 Å². The highest BCUT2D eigenvalue weighted by molar-refractivity contribution is 5.10. The molecule has 1 aromatic heterocycles. The maximum Gasteiger partial charge on any atom is 0.0976 e. The van der Waals surface area contributed by atoms with Gasteiger partial charge in [-0.05, 0) is 32.5 Å². The van der Waals surface area contributed by atoms with Crippen LogP contribution in [-0.4, -0.2) is 23.0 Å². The molecule has 0 aliphatic rings. The molecule has 0 radical (unpaired) electrons. The quantitative estimate of drug-likeness (QED) is 0.752. The predicted octanol–water partition coefficient (Wildman–Crippen LogP) is 2.12. The van der Waals surface area contributed by atoms with E-state index in [4.69, 9.17) is 5.26 Å². The van der Waals surface area contributed by atoms with Gasteiger partial charge in [-0.3, -0.25) is 9.88 Å². The fraction of sp³-hybridized carbons (Fsp3) is 0.500. The number of nitriles is 1. The van der Waals surface area contributed by atoms with Crippen LogP contribution in [0.5, 0.6) is 0 Å². The Morgan fingerprint density at radius 2 is 2.27 bits per heavy atom. The second-order valence-corrected chi connectivity index (χ2v) is 3.74. The minimum Gasteiger partial charge on any atom is -0.285 e. The van der Waals surface area contributed by atoms with Crippen LogP contribution in [0.15, 0.2) is 18.2 Å². The number of aromatic nitrogens is 1. The highest BCUT2D eigenvalue weighted by Gasteiger charge is 2.11. The molecule has 0 bridgehead atoms. The van der Waals surface area contributed by atoms with Gasteiger partial charge in [-0.15, -0.1) is 0 Å². The molecule has 1 heterocycles. The second-order valence-electron chi connectivity index (χ2n) is 3.74. The molecule has 0 N–H and O–H groups in total. The van der Waals surface area contributed by atoms with Gasteiger partial charge < -0.3 is 0 Å².